The van der Waals surface area contributed by atoms with Crippen LogP contribution < -0.4 is 45.0 Å². The SMILES string of the molecule is O.O=C([O-])O.O=C([O-])O.O=C([O-])[O-].[NH4+].[NH4+].[NH4+].[NH4+]. The van der Waals surface area contributed by atoms with Crippen LogP contribution in [-0.2, 0) is 0 Å². The van der Waals surface area contributed by atoms with Crippen molar-refractivity contribution in [3.05, 3.63) is 0 Å². The van der Waals surface area contributed by atoms with Crippen molar-refractivity contribution in [2.75, 3.05) is 0 Å². The molecule has 112 valence electrons. The van der Waals surface area contributed by atoms with Crippen LogP contribution in [0.3, 0.4) is 0 Å². The Hall–Kier alpha value is -2.39. The lowest BCUT2D eigenvalue weighted by Gasteiger charge is -1.96. The largest absolute Gasteiger partial charge is 0.652 e. The average molecular weight is 272 g/mol. The van der Waals surface area contributed by atoms with E-state index in [1.54, 1.807) is 0 Å². The number of carbonyl (C=O) groups excluding carboxylic acids is 1. The molecule has 14 nitrogen and oxygen atoms in total. The van der Waals surface area contributed by atoms with E-state index in [-0.39, 0.29) is 30.1 Å². The maximum atomic E-state index is 8.44. The predicted octanol–water partition coefficient (Wildman–Crippen LogP) is -3.99. The molecule has 0 aromatic rings. The molecule has 17 heavy (non-hydrogen) atoms. The minimum atomic E-state index is -2.33. The normalized spacial score (nSPS) is 4.24. The highest BCUT2D eigenvalue weighted by molar-refractivity contribution is 5.50. The van der Waals surface area contributed by atoms with E-state index in [2.05, 4.69) is 0 Å². The highest BCUT2D eigenvalue weighted by Gasteiger charge is 1.51. The van der Waals surface area contributed by atoms with Gasteiger partial charge < -0.3 is 75.1 Å². The zero-order chi connectivity index (χ0) is 10.7. The van der Waals surface area contributed by atoms with Crippen LogP contribution in [-0.4, -0.2) is 34.2 Å². The third kappa shape index (κ3) is 321. The van der Waals surface area contributed by atoms with Gasteiger partial charge in [0.25, 0.3) is 0 Å². The summed E-state index contributed by atoms with van der Waals surface area (Å²) in [7, 11) is 0. The van der Waals surface area contributed by atoms with E-state index in [4.69, 9.17) is 45.0 Å². The van der Waals surface area contributed by atoms with Gasteiger partial charge in [-0.2, -0.15) is 0 Å². The lowest BCUT2D eigenvalue weighted by molar-refractivity contribution is -0.415. The molecule has 0 aliphatic carbocycles. The van der Waals surface area contributed by atoms with Gasteiger partial charge in [0.2, 0.25) is 12.3 Å². The Morgan fingerprint density at radius 2 is 0.647 bits per heavy atom. The van der Waals surface area contributed by atoms with E-state index < -0.39 is 18.5 Å². The van der Waals surface area contributed by atoms with Crippen molar-refractivity contribution in [2.24, 2.45) is 0 Å². The summed E-state index contributed by atoms with van der Waals surface area (Å²) in [6.45, 7) is 0. The molecule has 0 radical (unpaired) electrons. The zero-order valence-corrected chi connectivity index (χ0v) is 9.75. The van der Waals surface area contributed by atoms with Crippen molar-refractivity contribution >= 4 is 18.5 Å². The number of rotatable bonds is 0. The van der Waals surface area contributed by atoms with Crippen LogP contribution in [0.1, 0.15) is 0 Å². The van der Waals surface area contributed by atoms with Gasteiger partial charge in [-0.3, -0.25) is 0 Å². The lowest BCUT2D eigenvalue weighted by Crippen LogP contribution is -2.37. The Labute approximate surface area is 94.8 Å². The molecule has 0 aliphatic heterocycles. The fraction of sp³-hybridized carbons (Fsp3) is 0. The third-order valence-electron chi connectivity index (χ3n) is 0. The molecule has 0 bridgehead atoms. The van der Waals surface area contributed by atoms with Crippen molar-refractivity contribution in [1.82, 2.24) is 24.6 Å². The minimum Gasteiger partial charge on any atom is -0.652 e. The van der Waals surface area contributed by atoms with Gasteiger partial charge in [0, 0.05) is 0 Å². The third-order valence-corrected chi connectivity index (χ3v) is 0. The van der Waals surface area contributed by atoms with Crippen molar-refractivity contribution in [3.63, 3.8) is 0 Å². The molecule has 0 aromatic heterocycles. The minimum absolute atomic E-state index is 0. The van der Waals surface area contributed by atoms with Gasteiger partial charge in [0.15, 0.2) is 0 Å². The highest BCUT2D eigenvalue weighted by Crippen LogP contribution is 1.32. The maximum absolute atomic E-state index is 8.44. The molecule has 14 heteroatoms. The van der Waals surface area contributed by atoms with Crippen LogP contribution in [0.5, 0.6) is 0 Å². The number of hydrogen-bond acceptors (Lipinski definition) is 7. The van der Waals surface area contributed by atoms with Crippen molar-refractivity contribution in [3.8, 4) is 0 Å². The fourth-order valence-corrected chi connectivity index (χ4v) is 0. The van der Waals surface area contributed by atoms with E-state index in [0.717, 1.165) is 0 Å². The van der Waals surface area contributed by atoms with Crippen LogP contribution in [0.4, 0.5) is 14.4 Å². The quantitative estimate of drug-likeness (QED) is 0.249. The first-order valence-electron chi connectivity index (χ1n) is 1.88. The first-order chi connectivity index (χ1) is 5.20. The molecule has 0 saturated heterocycles. The van der Waals surface area contributed by atoms with Crippen LogP contribution in [0.25, 0.3) is 0 Å². The maximum Gasteiger partial charge on any atom is 0.249 e. The van der Waals surface area contributed by atoms with Gasteiger partial charge in [-0.05, 0) is 6.16 Å². The Balaban J connectivity index is -0.0000000104. The van der Waals surface area contributed by atoms with Crippen LogP contribution in [0.15, 0.2) is 0 Å². The number of hydrogen-bond donors (Lipinski definition) is 6. The summed E-state index contributed by atoms with van der Waals surface area (Å²) in [4.78, 5) is 25.2. The first-order valence-corrected chi connectivity index (χ1v) is 1.88. The van der Waals surface area contributed by atoms with Gasteiger partial charge >= 0.3 is 0 Å². The summed E-state index contributed by atoms with van der Waals surface area (Å²) in [5.74, 6) is 0. The van der Waals surface area contributed by atoms with E-state index in [9.17, 15) is 0 Å². The molecule has 0 aliphatic rings. The Morgan fingerprint density at radius 3 is 0.647 bits per heavy atom. The van der Waals surface area contributed by atoms with Crippen LogP contribution in [0.2, 0.25) is 0 Å². The average Bonchev–Trinajstić information content (AvgIpc) is 1.54. The van der Waals surface area contributed by atoms with Gasteiger partial charge in [0.1, 0.15) is 0 Å². The molecular weight excluding hydrogens is 252 g/mol. The molecule has 20 N–H and O–H groups in total. The molecule has 0 saturated carbocycles. The highest BCUT2D eigenvalue weighted by atomic mass is 16.6. The summed E-state index contributed by atoms with van der Waals surface area (Å²) >= 11 is 0. The van der Waals surface area contributed by atoms with Gasteiger partial charge in [-0.25, -0.2) is 0 Å². The number of quaternary nitrogens is 4. The molecule has 0 aromatic carbocycles. The van der Waals surface area contributed by atoms with Crippen molar-refractivity contribution < 1.29 is 50.5 Å². The smallest absolute Gasteiger partial charge is 0.249 e. The Kier molecular flexibility index (Phi) is 180. The van der Waals surface area contributed by atoms with Crippen molar-refractivity contribution in [1.29, 1.82) is 0 Å². The number of carboxylic acid groups (broad SMARTS) is 6. The molecule has 0 fully saturated rings. The van der Waals surface area contributed by atoms with E-state index in [1.165, 1.54) is 0 Å². The standard InChI is InChI=1S/3CH2O3.4H3N.H2O/c3*2-1(3)4;;;;;/h3*(H2,2,3,4);4*1H3;1H2. The second-order valence-electron chi connectivity index (χ2n) is 0.782. The second-order valence-corrected chi connectivity index (χ2v) is 0.782. The van der Waals surface area contributed by atoms with Gasteiger partial charge in [0.05, 0.1) is 0 Å². The topological polar surface area (TPSA) is 361 Å². The molecule has 0 heterocycles. The molecule has 0 spiro atoms. The Bertz CT molecular complexity index is 121. The number of carbonyl (C=O) groups is 3. The Morgan fingerprint density at radius 1 is 0.647 bits per heavy atom. The van der Waals surface area contributed by atoms with Gasteiger partial charge in [-0.15, -0.1) is 0 Å². The molecule has 0 atom stereocenters. The van der Waals surface area contributed by atoms with Crippen molar-refractivity contribution in [2.45, 2.75) is 0 Å². The second kappa shape index (κ2) is 49.5. The first kappa shape index (κ1) is 61.9. The summed E-state index contributed by atoms with van der Waals surface area (Å²) in [5.41, 5.74) is 0. The molecule has 0 rings (SSSR count). The summed E-state index contributed by atoms with van der Waals surface area (Å²) in [6.07, 6.45) is -6.50. The van der Waals surface area contributed by atoms with Gasteiger partial charge in [-0.1, -0.05) is 0 Å². The summed E-state index contributed by atoms with van der Waals surface area (Å²) in [5, 5.41) is 47.3. The summed E-state index contributed by atoms with van der Waals surface area (Å²) in [6, 6.07) is 0. The van der Waals surface area contributed by atoms with E-state index >= 15 is 0 Å². The summed E-state index contributed by atoms with van der Waals surface area (Å²) < 4.78 is 0. The van der Waals surface area contributed by atoms with E-state index in [1.807, 2.05) is 0 Å². The molecule has 0 amide bonds. The fourth-order valence-electron chi connectivity index (χ4n) is 0. The molecular formula is C3H20N4O10. The van der Waals surface area contributed by atoms with E-state index in [0.29, 0.717) is 0 Å². The monoisotopic (exact) mass is 272 g/mol. The lowest BCUT2D eigenvalue weighted by atomic mass is 11.5. The predicted molar refractivity (Wildman–Crippen MR) is 49.0 cm³/mol. The zero-order valence-electron chi connectivity index (χ0n) is 9.75. The molecule has 0 unspecified atom stereocenters. The van der Waals surface area contributed by atoms with Crippen LogP contribution in [0, 0.1) is 0 Å². The van der Waals surface area contributed by atoms with Crippen LogP contribution >= 0.6 is 0 Å².